The highest BCUT2D eigenvalue weighted by Gasteiger charge is 2.06. The Bertz CT molecular complexity index is 648. The number of nitrogens with zero attached hydrogens (tertiary/aromatic N) is 2. The fraction of sp³-hybridized carbons (Fsp3) is 0.308. The van der Waals surface area contributed by atoms with Crippen LogP contribution in [0.5, 0.6) is 0 Å². The summed E-state index contributed by atoms with van der Waals surface area (Å²) in [5.41, 5.74) is 1.92. The zero-order valence-electron chi connectivity index (χ0n) is 11.0. The van der Waals surface area contributed by atoms with E-state index in [4.69, 9.17) is 0 Å². The van der Waals surface area contributed by atoms with Crippen molar-refractivity contribution in [3.05, 3.63) is 48.0 Å². The predicted molar refractivity (Wildman–Crippen MR) is 74.9 cm³/mol. The molecule has 2 rings (SSSR count). The SMILES string of the molecule is Cc1nc(CCNS(C)(=O)=O)cn1-c1ccccc1. The van der Waals surface area contributed by atoms with Crippen LogP contribution in [0.15, 0.2) is 36.5 Å². The summed E-state index contributed by atoms with van der Waals surface area (Å²) in [5.74, 6) is 0.889. The van der Waals surface area contributed by atoms with Gasteiger partial charge in [-0.2, -0.15) is 0 Å². The first kappa shape index (κ1) is 13.8. The Balaban J connectivity index is 2.09. The van der Waals surface area contributed by atoms with Gasteiger partial charge in [-0.1, -0.05) is 18.2 Å². The van der Waals surface area contributed by atoms with Crippen LogP contribution in [0.3, 0.4) is 0 Å². The minimum atomic E-state index is -3.13. The average molecular weight is 279 g/mol. The molecule has 0 atom stereocenters. The Morgan fingerprint density at radius 3 is 2.58 bits per heavy atom. The lowest BCUT2D eigenvalue weighted by Gasteiger charge is -2.03. The molecule has 0 fully saturated rings. The van der Waals surface area contributed by atoms with Gasteiger partial charge in [0.1, 0.15) is 5.82 Å². The summed E-state index contributed by atoms with van der Waals surface area (Å²) in [5, 5.41) is 0. The van der Waals surface area contributed by atoms with E-state index in [1.54, 1.807) is 0 Å². The molecule has 0 radical (unpaired) electrons. The van der Waals surface area contributed by atoms with E-state index < -0.39 is 10.0 Å². The molecule has 102 valence electrons. The van der Waals surface area contributed by atoms with Crippen LogP contribution in [-0.4, -0.2) is 30.8 Å². The molecule has 0 saturated heterocycles. The third-order valence-corrected chi connectivity index (χ3v) is 3.44. The maximum absolute atomic E-state index is 11.0. The quantitative estimate of drug-likeness (QED) is 0.896. The molecular weight excluding hydrogens is 262 g/mol. The van der Waals surface area contributed by atoms with E-state index in [-0.39, 0.29) is 0 Å². The van der Waals surface area contributed by atoms with Gasteiger partial charge in [-0.15, -0.1) is 0 Å². The fourth-order valence-electron chi connectivity index (χ4n) is 1.87. The molecule has 2 aromatic rings. The molecular formula is C13H17N3O2S. The molecule has 5 nitrogen and oxygen atoms in total. The number of benzene rings is 1. The maximum Gasteiger partial charge on any atom is 0.208 e. The third kappa shape index (κ3) is 3.90. The lowest BCUT2D eigenvalue weighted by atomic mass is 10.3. The molecule has 0 spiro atoms. The van der Waals surface area contributed by atoms with Crippen LogP contribution in [0.4, 0.5) is 0 Å². The normalized spacial score (nSPS) is 11.7. The summed E-state index contributed by atoms with van der Waals surface area (Å²) in [6, 6.07) is 9.92. The number of para-hydroxylation sites is 1. The van der Waals surface area contributed by atoms with Crippen LogP contribution in [0.25, 0.3) is 5.69 Å². The van der Waals surface area contributed by atoms with E-state index in [9.17, 15) is 8.42 Å². The number of hydrogen-bond acceptors (Lipinski definition) is 3. The summed E-state index contributed by atoms with van der Waals surface area (Å²) >= 11 is 0. The number of hydrogen-bond donors (Lipinski definition) is 1. The van der Waals surface area contributed by atoms with Crippen LogP contribution in [0.2, 0.25) is 0 Å². The number of sulfonamides is 1. The smallest absolute Gasteiger partial charge is 0.208 e. The van der Waals surface area contributed by atoms with Gasteiger partial charge in [0, 0.05) is 24.8 Å². The van der Waals surface area contributed by atoms with Gasteiger partial charge in [-0.25, -0.2) is 18.1 Å². The van der Waals surface area contributed by atoms with Crippen LogP contribution in [-0.2, 0) is 16.4 Å². The second-order valence-electron chi connectivity index (χ2n) is 4.40. The Morgan fingerprint density at radius 1 is 1.26 bits per heavy atom. The van der Waals surface area contributed by atoms with E-state index in [1.807, 2.05) is 48.0 Å². The Hall–Kier alpha value is -1.66. The fourth-order valence-corrected chi connectivity index (χ4v) is 2.34. The van der Waals surface area contributed by atoms with Gasteiger partial charge >= 0.3 is 0 Å². The van der Waals surface area contributed by atoms with Crippen molar-refractivity contribution in [2.24, 2.45) is 0 Å². The van der Waals surface area contributed by atoms with Crippen LogP contribution in [0.1, 0.15) is 11.5 Å². The highest BCUT2D eigenvalue weighted by molar-refractivity contribution is 7.88. The summed E-state index contributed by atoms with van der Waals surface area (Å²) in [6.45, 7) is 2.30. The minimum Gasteiger partial charge on any atom is -0.304 e. The van der Waals surface area contributed by atoms with Crippen molar-refractivity contribution in [2.45, 2.75) is 13.3 Å². The molecule has 1 aromatic heterocycles. The predicted octanol–water partition coefficient (Wildman–Crippen LogP) is 1.27. The molecule has 0 bridgehead atoms. The lowest BCUT2D eigenvalue weighted by molar-refractivity contribution is 0.587. The lowest BCUT2D eigenvalue weighted by Crippen LogP contribution is -2.24. The zero-order valence-corrected chi connectivity index (χ0v) is 11.8. The van der Waals surface area contributed by atoms with Gasteiger partial charge in [0.05, 0.1) is 11.9 Å². The number of aryl methyl sites for hydroxylation is 1. The monoisotopic (exact) mass is 279 g/mol. The Morgan fingerprint density at radius 2 is 1.95 bits per heavy atom. The molecule has 19 heavy (non-hydrogen) atoms. The highest BCUT2D eigenvalue weighted by Crippen LogP contribution is 2.12. The average Bonchev–Trinajstić information content (AvgIpc) is 2.70. The van der Waals surface area contributed by atoms with Crippen molar-refractivity contribution in [1.82, 2.24) is 14.3 Å². The Labute approximate surface area is 113 Å². The van der Waals surface area contributed by atoms with Gasteiger partial charge < -0.3 is 4.57 Å². The molecule has 1 aromatic carbocycles. The molecule has 0 unspecified atom stereocenters. The standard InChI is InChI=1S/C13H17N3O2S/c1-11-15-12(8-9-14-19(2,17)18)10-16(11)13-6-4-3-5-7-13/h3-7,10,14H,8-9H2,1-2H3. The van der Waals surface area contributed by atoms with Gasteiger partial charge in [-0.3, -0.25) is 0 Å². The second kappa shape index (κ2) is 5.54. The van der Waals surface area contributed by atoms with Crippen LogP contribution in [0, 0.1) is 6.92 Å². The van der Waals surface area contributed by atoms with E-state index >= 15 is 0 Å². The van der Waals surface area contributed by atoms with Crippen molar-refractivity contribution in [3.63, 3.8) is 0 Å². The molecule has 1 N–H and O–H groups in total. The molecule has 1 heterocycles. The molecule has 6 heteroatoms. The summed E-state index contributed by atoms with van der Waals surface area (Å²) in [7, 11) is -3.13. The number of aromatic nitrogens is 2. The zero-order chi connectivity index (χ0) is 13.9. The molecule has 0 saturated carbocycles. The first-order valence-corrected chi connectivity index (χ1v) is 7.90. The summed E-state index contributed by atoms with van der Waals surface area (Å²) in [6.07, 6.45) is 3.67. The van der Waals surface area contributed by atoms with Gasteiger partial charge in [0.15, 0.2) is 0 Å². The molecule has 0 aliphatic heterocycles. The van der Waals surface area contributed by atoms with Gasteiger partial charge in [0.2, 0.25) is 10.0 Å². The topological polar surface area (TPSA) is 64.0 Å². The van der Waals surface area contributed by atoms with E-state index in [0.29, 0.717) is 13.0 Å². The van der Waals surface area contributed by atoms with E-state index in [0.717, 1.165) is 23.5 Å². The maximum atomic E-state index is 11.0. The van der Waals surface area contributed by atoms with Crippen molar-refractivity contribution < 1.29 is 8.42 Å². The number of imidazole rings is 1. The number of rotatable bonds is 5. The largest absolute Gasteiger partial charge is 0.304 e. The first-order chi connectivity index (χ1) is 8.96. The molecule has 0 aliphatic carbocycles. The van der Waals surface area contributed by atoms with Crippen LogP contribution >= 0.6 is 0 Å². The van der Waals surface area contributed by atoms with E-state index in [1.165, 1.54) is 0 Å². The molecule has 0 aliphatic rings. The minimum absolute atomic E-state index is 0.365. The highest BCUT2D eigenvalue weighted by atomic mass is 32.2. The van der Waals surface area contributed by atoms with Crippen LogP contribution < -0.4 is 4.72 Å². The number of nitrogens with one attached hydrogen (secondary N) is 1. The first-order valence-electron chi connectivity index (χ1n) is 6.00. The third-order valence-electron chi connectivity index (χ3n) is 2.71. The molecule has 0 amide bonds. The summed E-state index contributed by atoms with van der Waals surface area (Å²) in [4.78, 5) is 4.43. The van der Waals surface area contributed by atoms with E-state index in [2.05, 4.69) is 9.71 Å². The van der Waals surface area contributed by atoms with Gasteiger partial charge in [0.25, 0.3) is 0 Å². The summed E-state index contributed by atoms with van der Waals surface area (Å²) < 4.78 is 26.4. The Kier molecular flexibility index (Phi) is 4.01. The van der Waals surface area contributed by atoms with Gasteiger partial charge in [-0.05, 0) is 19.1 Å². The van der Waals surface area contributed by atoms with Crippen molar-refractivity contribution in [2.75, 3.05) is 12.8 Å². The van der Waals surface area contributed by atoms with Crippen molar-refractivity contribution in [1.29, 1.82) is 0 Å². The van der Waals surface area contributed by atoms with Crippen molar-refractivity contribution >= 4 is 10.0 Å². The second-order valence-corrected chi connectivity index (χ2v) is 6.23. The van der Waals surface area contributed by atoms with Crippen molar-refractivity contribution in [3.8, 4) is 5.69 Å².